The summed E-state index contributed by atoms with van der Waals surface area (Å²) in [6.07, 6.45) is 0. The van der Waals surface area contributed by atoms with Gasteiger partial charge in [0.25, 0.3) is 0 Å². The number of nitrogens with zero attached hydrogens (tertiary/aromatic N) is 6. The normalized spacial score (nSPS) is 12.1. The number of aryl methyl sites for hydroxylation is 2. The maximum absolute atomic E-state index is 10.2. The van der Waals surface area contributed by atoms with Gasteiger partial charge in [-0.15, -0.1) is 0 Å². The molecule has 0 aliphatic carbocycles. The Balaban J connectivity index is 0.976. The molecule has 290 valence electrons. The molecule has 2 aromatic heterocycles. The van der Waals surface area contributed by atoms with Crippen molar-refractivity contribution in [2.24, 2.45) is 5.11 Å². The first-order chi connectivity index (χ1) is 29.3. The number of rotatable bonds is 9. The number of fused-ring (bicyclic) bond motifs is 6. The molecule has 0 saturated heterocycles. The summed E-state index contributed by atoms with van der Waals surface area (Å²) in [6, 6.07) is 61.3. The van der Waals surface area contributed by atoms with E-state index in [1.54, 1.807) is 7.05 Å². The van der Waals surface area contributed by atoms with E-state index < -0.39 is 0 Å². The molecule has 60 heavy (non-hydrogen) atoms. The molecule has 6 heteroatoms. The van der Waals surface area contributed by atoms with Crippen LogP contribution in [0.2, 0.25) is 0 Å². The summed E-state index contributed by atoms with van der Waals surface area (Å²) in [6.45, 7) is 6.49. The van der Waals surface area contributed by atoms with Crippen LogP contribution in [0.15, 0.2) is 175 Å². The lowest BCUT2D eigenvalue weighted by Gasteiger charge is -2.15. The van der Waals surface area contributed by atoms with Gasteiger partial charge in [-0.1, -0.05) is 103 Å². The molecule has 0 fully saturated rings. The SMILES string of the molecule is Cc1cc(-c2ccc3c(c2)c2ccccc2n3-c2ccc(-c3ccc(-n4c5ccccc5c5cc(-c6ccc(C)c(C(C)[N+](C)=[N-])c6)ccc54)cc3)cc2)ccc1CN=[N-]. The Morgan fingerprint density at radius 1 is 0.483 bits per heavy atom. The average Bonchev–Trinajstić information content (AvgIpc) is 3.79. The van der Waals surface area contributed by atoms with Crippen LogP contribution < -0.4 is 0 Å². The van der Waals surface area contributed by atoms with Gasteiger partial charge in [0, 0.05) is 52.0 Å². The molecule has 6 nitrogen and oxygen atoms in total. The fraction of sp³-hybridized carbons (Fsp3) is 0.111. The van der Waals surface area contributed by atoms with Gasteiger partial charge in [0.1, 0.15) is 7.05 Å². The smallest absolute Gasteiger partial charge is 0.163 e. The van der Waals surface area contributed by atoms with Gasteiger partial charge in [0.05, 0.1) is 22.1 Å². The van der Waals surface area contributed by atoms with E-state index in [0.29, 0.717) is 6.54 Å². The van der Waals surface area contributed by atoms with Crippen molar-refractivity contribution in [1.82, 2.24) is 9.13 Å². The largest absolute Gasteiger partial charge is 0.712 e. The highest BCUT2D eigenvalue weighted by atomic mass is 15.2. The Morgan fingerprint density at radius 2 is 0.917 bits per heavy atom. The first kappa shape index (κ1) is 36.9. The highest BCUT2D eigenvalue weighted by Crippen LogP contribution is 2.38. The first-order valence-corrected chi connectivity index (χ1v) is 20.5. The van der Waals surface area contributed by atoms with Crippen LogP contribution in [0.4, 0.5) is 0 Å². The van der Waals surface area contributed by atoms with Crippen LogP contribution in [0.25, 0.3) is 99.4 Å². The van der Waals surface area contributed by atoms with Gasteiger partial charge in [-0.25, -0.2) is 0 Å². The Bertz CT molecular complexity index is 3310. The van der Waals surface area contributed by atoms with Gasteiger partial charge < -0.3 is 30.0 Å². The van der Waals surface area contributed by atoms with Crippen molar-refractivity contribution >= 4 is 43.6 Å². The van der Waals surface area contributed by atoms with Gasteiger partial charge >= 0.3 is 0 Å². The Kier molecular flexibility index (Phi) is 9.06. The second-order valence-corrected chi connectivity index (χ2v) is 16.0. The van der Waals surface area contributed by atoms with Crippen molar-refractivity contribution in [2.45, 2.75) is 33.4 Å². The summed E-state index contributed by atoms with van der Waals surface area (Å²) < 4.78 is 5.99. The van der Waals surface area contributed by atoms with Gasteiger partial charge in [0.2, 0.25) is 0 Å². The fourth-order valence-electron chi connectivity index (χ4n) is 9.07. The standard InChI is InChI=1S/C54H43N6/c1-34-13-14-40(30-48(34)36(3)58(4)56)42-22-28-54-50(32-42)47-10-6-8-12-52(47)60(54)45-25-19-38(20-26-45)37-17-23-44(24-18-37)59-51-11-7-5-9-46(51)49-31-41(21-27-53(49)59)39-15-16-43(33-57-55)35(2)29-39/h5-32,36H,33H2,1-4H3/q-1. The van der Waals surface area contributed by atoms with E-state index in [2.05, 4.69) is 198 Å². The zero-order valence-corrected chi connectivity index (χ0v) is 34.1. The molecule has 10 rings (SSSR count). The van der Waals surface area contributed by atoms with Crippen molar-refractivity contribution in [3.8, 4) is 44.8 Å². The summed E-state index contributed by atoms with van der Waals surface area (Å²) in [5.41, 5.74) is 37.5. The van der Waals surface area contributed by atoms with E-state index in [1.807, 2.05) is 6.92 Å². The van der Waals surface area contributed by atoms with Gasteiger partial charge in [-0.2, -0.15) is 0 Å². The van der Waals surface area contributed by atoms with Crippen LogP contribution in [-0.4, -0.2) is 20.9 Å². The molecule has 1 unspecified atom stereocenters. The van der Waals surface area contributed by atoms with E-state index in [1.165, 1.54) is 37.3 Å². The van der Waals surface area contributed by atoms with Gasteiger partial charge in [-0.05, 0) is 131 Å². The molecule has 0 aliphatic rings. The minimum absolute atomic E-state index is 0.109. The third-order valence-corrected chi connectivity index (χ3v) is 12.5. The van der Waals surface area contributed by atoms with Crippen LogP contribution in [0.3, 0.4) is 0 Å². The molecule has 0 N–H and O–H groups in total. The minimum Gasteiger partial charge on any atom is -0.712 e. The first-order valence-electron chi connectivity index (χ1n) is 20.5. The predicted octanol–water partition coefficient (Wildman–Crippen LogP) is 14.7. The van der Waals surface area contributed by atoms with E-state index in [4.69, 9.17) is 5.53 Å². The monoisotopic (exact) mass is 775 g/mol. The zero-order chi connectivity index (χ0) is 41.1. The molecule has 0 bridgehead atoms. The second kappa shape index (κ2) is 14.7. The molecule has 0 spiro atoms. The summed E-state index contributed by atoms with van der Waals surface area (Å²) in [4.78, 5) is 0. The van der Waals surface area contributed by atoms with E-state index in [0.717, 1.165) is 78.0 Å². The topological polar surface area (TPSA) is 69.8 Å². The Morgan fingerprint density at radius 3 is 1.42 bits per heavy atom. The second-order valence-electron chi connectivity index (χ2n) is 16.0. The van der Waals surface area contributed by atoms with Crippen LogP contribution in [-0.2, 0) is 6.54 Å². The third-order valence-electron chi connectivity index (χ3n) is 12.5. The van der Waals surface area contributed by atoms with Gasteiger partial charge in [0.15, 0.2) is 6.04 Å². The van der Waals surface area contributed by atoms with E-state index >= 15 is 0 Å². The Labute approximate surface area is 349 Å². The maximum atomic E-state index is 10.2. The number of para-hydroxylation sites is 2. The minimum atomic E-state index is -0.109. The summed E-state index contributed by atoms with van der Waals surface area (Å²) in [7, 11) is 1.70. The number of hydrogen-bond acceptors (Lipinski definition) is 1. The highest BCUT2D eigenvalue weighted by molar-refractivity contribution is 6.11. The molecular formula is C54H43N6-. The highest BCUT2D eigenvalue weighted by Gasteiger charge is 2.18. The van der Waals surface area contributed by atoms with Crippen LogP contribution in [0.5, 0.6) is 0 Å². The lowest BCUT2D eigenvalue weighted by atomic mass is 9.95. The predicted molar refractivity (Wildman–Crippen MR) is 248 cm³/mol. The maximum Gasteiger partial charge on any atom is 0.163 e. The quantitative estimate of drug-likeness (QED) is 0.103. The molecule has 8 aromatic carbocycles. The van der Waals surface area contributed by atoms with Crippen molar-refractivity contribution in [2.75, 3.05) is 7.05 Å². The van der Waals surface area contributed by atoms with Crippen LogP contribution in [0, 0.1) is 13.8 Å². The third kappa shape index (κ3) is 6.20. The molecular weight excluding hydrogens is 733 g/mol. The molecule has 0 saturated carbocycles. The number of hydrogen-bond donors (Lipinski definition) is 0. The van der Waals surface area contributed by atoms with Crippen LogP contribution >= 0.6 is 0 Å². The van der Waals surface area contributed by atoms with Crippen LogP contribution in [0.1, 0.15) is 35.2 Å². The molecule has 0 aliphatic heterocycles. The molecule has 0 radical (unpaired) electrons. The van der Waals surface area contributed by atoms with Gasteiger partial charge in [-0.3, -0.25) is 0 Å². The van der Waals surface area contributed by atoms with Crippen molar-refractivity contribution in [3.63, 3.8) is 0 Å². The molecule has 10 aromatic rings. The summed E-state index contributed by atoms with van der Waals surface area (Å²) >= 11 is 0. The molecule has 2 heterocycles. The number of benzene rings is 8. The van der Waals surface area contributed by atoms with E-state index in [-0.39, 0.29) is 6.04 Å². The summed E-state index contributed by atoms with van der Waals surface area (Å²) in [5.74, 6) is 0. The van der Waals surface area contributed by atoms with Crippen molar-refractivity contribution < 1.29 is 4.70 Å². The number of aromatic nitrogens is 2. The lowest BCUT2D eigenvalue weighted by Crippen LogP contribution is -2.08. The molecule has 1 atom stereocenters. The lowest BCUT2D eigenvalue weighted by molar-refractivity contribution is -0.561. The fourth-order valence-corrected chi connectivity index (χ4v) is 9.07. The average molecular weight is 776 g/mol. The Hall–Kier alpha value is -7.44. The summed E-state index contributed by atoms with van der Waals surface area (Å²) in [5, 5.41) is 8.18. The van der Waals surface area contributed by atoms with Crippen molar-refractivity contribution in [1.29, 1.82) is 0 Å². The van der Waals surface area contributed by atoms with Crippen molar-refractivity contribution in [3.05, 3.63) is 203 Å². The van der Waals surface area contributed by atoms with E-state index in [9.17, 15) is 5.53 Å². The molecule has 0 amide bonds. The zero-order valence-electron chi connectivity index (χ0n) is 34.1.